The van der Waals surface area contributed by atoms with Crippen LogP contribution in [0.3, 0.4) is 0 Å². The summed E-state index contributed by atoms with van der Waals surface area (Å²) >= 11 is 7.55. The number of nitrogens with zero attached hydrogens (tertiary/aromatic N) is 1. The second-order valence-electron chi connectivity index (χ2n) is 7.51. The van der Waals surface area contributed by atoms with Crippen LogP contribution in [-0.4, -0.2) is 34.6 Å². The Morgan fingerprint density at radius 2 is 1.81 bits per heavy atom. The standard InChI is InChI=1S/C24H30ClFN2O2S/c1-4-17(2)27-24(30)18(3)28(16-19-8-5-6-9-22(19)26)23(29)10-7-15-31-21-13-11-20(25)12-14-21/h5-6,8-9,11-14,17-18H,4,7,10,15-16H2,1-3H3,(H,27,30)/t17-,18-/m0/s1. The first kappa shape index (κ1) is 25.2. The first-order valence-electron chi connectivity index (χ1n) is 10.5. The molecular formula is C24H30ClFN2O2S. The van der Waals surface area contributed by atoms with Gasteiger partial charge in [-0.25, -0.2) is 4.39 Å². The molecule has 7 heteroatoms. The Labute approximate surface area is 193 Å². The molecule has 0 spiro atoms. The second kappa shape index (κ2) is 12.7. The lowest BCUT2D eigenvalue weighted by Gasteiger charge is -2.30. The molecule has 31 heavy (non-hydrogen) atoms. The van der Waals surface area contributed by atoms with Crippen molar-refractivity contribution in [2.24, 2.45) is 0 Å². The van der Waals surface area contributed by atoms with E-state index in [4.69, 9.17) is 11.6 Å². The molecular weight excluding hydrogens is 435 g/mol. The lowest BCUT2D eigenvalue weighted by molar-refractivity contribution is -0.140. The molecule has 1 N–H and O–H groups in total. The summed E-state index contributed by atoms with van der Waals surface area (Å²) < 4.78 is 14.2. The quantitative estimate of drug-likeness (QED) is 0.343. The number of rotatable bonds is 11. The van der Waals surface area contributed by atoms with Crippen molar-refractivity contribution in [1.29, 1.82) is 0 Å². The molecule has 0 aromatic heterocycles. The smallest absolute Gasteiger partial charge is 0.242 e. The highest BCUT2D eigenvalue weighted by Gasteiger charge is 2.27. The van der Waals surface area contributed by atoms with Gasteiger partial charge in [0, 0.05) is 34.5 Å². The fourth-order valence-corrected chi connectivity index (χ4v) is 3.93. The molecule has 2 aromatic rings. The predicted molar refractivity (Wildman–Crippen MR) is 126 cm³/mol. The molecule has 0 heterocycles. The van der Waals surface area contributed by atoms with Gasteiger partial charge in [-0.3, -0.25) is 9.59 Å². The maximum atomic E-state index is 14.2. The molecule has 0 aliphatic heterocycles. The maximum absolute atomic E-state index is 14.2. The zero-order valence-corrected chi connectivity index (χ0v) is 19.8. The lowest BCUT2D eigenvalue weighted by Crippen LogP contribution is -2.49. The fraction of sp³-hybridized carbons (Fsp3) is 0.417. The summed E-state index contributed by atoms with van der Waals surface area (Å²) in [5.41, 5.74) is 0.398. The van der Waals surface area contributed by atoms with Crippen molar-refractivity contribution >= 4 is 35.2 Å². The molecule has 0 bridgehead atoms. The predicted octanol–water partition coefficient (Wildman–Crippen LogP) is 5.68. The Morgan fingerprint density at radius 3 is 2.45 bits per heavy atom. The third kappa shape index (κ3) is 8.19. The lowest BCUT2D eigenvalue weighted by atomic mass is 10.1. The van der Waals surface area contributed by atoms with Gasteiger partial charge in [-0.2, -0.15) is 0 Å². The van der Waals surface area contributed by atoms with Gasteiger partial charge >= 0.3 is 0 Å². The molecule has 0 fully saturated rings. The number of amides is 2. The summed E-state index contributed by atoms with van der Waals surface area (Å²) in [5.74, 6) is -0.0107. The second-order valence-corrected chi connectivity index (χ2v) is 9.12. The Bertz CT molecular complexity index is 863. The maximum Gasteiger partial charge on any atom is 0.242 e. The van der Waals surface area contributed by atoms with E-state index in [0.29, 0.717) is 17.0 Å². The van der Waals surface area contributed by atoms with Crippen LogP contribution in [0.25, 0.3) is 0 Å². The number of thioether (sulfide) groups is 1. The molecule has 0 unspecified atom stereocenters. The van der Waals surface area contributed by atoms with E-state index in [2.05, 4.69) is 5.32 Å². The zero-order chi connectivity index (χ0) is 22.8. The van der Waals surface area contributed by atoms with Gasteiger partial charge in [-0.05, 0) is 62.8 Å². The molecule has 0 saturated heterocycles. The van der Waals surface area contributed by atoms with Crippen molar-refractivity contribution in [2.45, 2.75) is 63.6 Å². The van der Waals surface area contributed by atoms with Gasteiger partial charge in [0.25, 0.3) is 0 Å². The molecule has 0 radical (unpaired) electrons. The van der Waals surface area contributed by atoms with Gasteiger partial charge in [0.15, 0.2) is 0 Å². The minimum absolute atomic E-state index is 0.0103. The minimum atomic E-state index is -0.690. The number of carbonyl (C=O) groups excluding carboxylic acids is 2. The largest absolute Gasteiger partial charge is 0.352 e. The third-order valence-electron chi connectivity index (χ3n) is 5.08. The number of hydrogen-bond acceptors (Lipinski definition) is 3. The highest BCUT2D eigenvalue weighted by Crippen LogP contribution is 2.22. The number of nitrogens with one attached hydrogen (secondary N) is 1. The van der Waals surface area contributed by atoms with E-state index >= 15 is 0 Å². The van der Waals surface area contributed by atoms with Crippen LogP contribution in [0.1, 0.15) is 45.6 Å². The SMILES string of the molecule is CC[C@H](C)NC(=O)[C@H](C)N(Cc1ccccc1F)C(=O)CCCSc1ccc(Cl)cc1. The van der Waals surface area contributed by atoms with Crippen molar-refractivity contribution in [3.63, 3.8) is 0 Å². The summed E-state index contributed by atoms with van der Waals surface area (Å²) in [5, 5.41) is 3.60. The van der Waals surface area contributed by atoms with Gasteiger partial charge in [0.05, 0.1) is 0 Å². The number of benzene rings is 2. The van der Waals surface area contributed by atoms with Crippen LogP contribution in [0, 0.1) is 5.82 Å². The van der Waals surface area contributed by atoms with E-state index in [1.54, 1.807) is 36.9 Å². The van der Waals surface area contributed by atoms with Crippen LogP contribution in [0.4, 0.5) is 4.39 Å². The van der Waals surface area contributed by atoms with Crippen molar-refractivity contribution in [3.8, 4) is 0 Å². The molecule has 0 aliphatic carbocycles. The Kier molecular flexibility index (Phi) is 10.3. The molecule has 0 aliphatic rings. The zero-order valence-electron chi connectivity index (χ0n) is 18.2. The molecule has 0 saturated carbocycles. The van der Waals surface area contributed by atoms with Crippen LogP contribution in [0.2, 0.25) is 5.02 Å². The van der Waals surface area contributed by atoms with Crippen LogP contribution in [-0.2, 0) is 16.1 Å². The molecule has 2 atom stereocenters. The van der Waals surface area contributed by atoms with Crippen LogP contribution in [0.15, 0.2) is 53.4 Å². The van der Waals surface area contributed by atoms with Gasteiger partial charge < -0.3 is 10.2 Å². The highest BCUT2D eigenvalue weighted by molar-refractivity contribution is 7.99. The summed E-state index contributed by atoms with van der Waals surface area (Å²) in [4.78, 5) is 28.2. The minimum Gasteiger partial charge on any atom is -0.352 e. The van der Waals surface area contributed by atoms with E-state index in [0.717, 1.165) is 17.1 Å². The molecule has 168 valence electrons. The number of carbonyl (C=O) groups is 2. The third-order valence-corrected chi connectivity index (χ3v) is 6.43. The molecule has 2 aromatic carbocycles. The summed E-state index contributed by atoms with van der Waals surface area (Å²) in [7, 11) is 0. The van der Waals surface area contributed by atoms with Gasteiger partial charge in [-0.15, -0.1) is 11.8 Å². The number of halogens is 2. The van der Waals surface area contributed by atoms with E-state index in [1.807, 2.05) is 38.1 Å². The van der Waals surface area contributed by atoms with E-state index in [-0.39, 0.29) is 36.6 Å². The first-order valence-corrected chi connectivity index (χ1v) is 11.9. The van der Waals surface area contributed by atoms with Crippen LogP contribution < -0.4 is 5.32 Å². The summed E-state index contributed by atoms with van der Waals surface area (Å²) in [6.45, 7) is 5.65. The van der Waals surface area contributed by atoms with Crippen molar-refractivity contribution < 1.29 is 14.0 Å². The van der Waals surface area contributed by atoms with E-state index < -0.39 is 6.04 Å². The number of hydrogen-bond donors (Lipinski definition) is 1. The van der Waals surface area contributed by atoms with Crippen LogP contribution in [0.5, 0.6) is 0 Å². The Morgan fingerprint density at radius 1 is 1.13 bits per heavy atom. The van der Waals surface area contributed by atoms with Crippen molar-refractivity contribution in [2.75, 3.05) is 5.75 Å². The summed E-state index contributed by atoms with van der Waals surface area (Å²) in [6, 6.07) is 13.2. The normalized spacial score (nSPS) is 12.8. The van der Waals surface area contributed by atoms with Gasteiger partial charge in [0.1, 0.15) is 11.9 Å². The molecule has 2 amide bonds. The van der Waals surface area contributed by atoms with Crippen molar-refractivity contribution in [1.82, 2.24) is 10.2 Å². The summed E-state index contributed by atoms with van der Waals surface area (Å²) in [6.07, 6.45) is 1.73. The van der Waals surface area contributed by atoms with E-state index in [1.165, 1.54) is 11.0 Å². The Balaban J connectivity index is 2.01. The van der Waals surface area contributed by atoms with Gasteiger partial charge in [0.2, 0.25) is 11.8 Å². The van der Waals surface area contributed by atoms with Crippen LogP contribution >= 0.6 is 23.4 Å². The van der Waals surface area contributed by atoms with Crippen molar-refractivity contribution in [3.05, 3.63) is 64.9 Å². The Hall–Kier alpha value is -2.05. The fourth-order valence-electron chi connectivity index (χ4n) is 2.95. The highest BCUT2D eigenvalue weighted by atomic mass is 35.5. The molecule has 2 rings (SSSR count). The monoisotopic (exact) mass is 464 g/mol. The first-order chi connectivity index (χ1) is 14.8. The average Bonchev–Trinajstić information content (AvgIpc) is 2.76. The topological polar surface area (TPSA) is 49.4 Å². The molecule has 4 nitrogen and oxygen atoms in total. The van der Waals surface area contributed by atoms with Gasteiger partial charge in [-0.1, -0.05) is 36.7 Å². The van der Waals surface area contributed by atoms with E-state index in [9.17, 15) is 14.0 Å². The average molecular weight is 465 g/mol.